The van der Waals surface area contributed by atoms with Crippen LogP contribution in [0.5, 0.6) is 0 Å². The van der Waals surface area contributed by atoms with Gasteiger partial charge in [0.15, 0.2) is 0 Å². The van der Waals surface area contributed by atoms with Crippen molar-refractivity contribution >= 4 is 10.8 Å². The van der Waals surface area contributed by atoms with Crippen molar-refractivity contribution < 1.29 is 14.2 Å². The Kier molecular flexibility index (Phi) is 4.28. The van der Waals surface area contributed by atoms with Crippen LogP contribution in [-0.4, -0.2) is 18.8 Å². The molecule has 18 heavy (non-hydrogen) atoms. The van der Waals surface area contributed by atoms with E-state index in [9.17, 15) is 9.50 Å². The van der Waals surface area contributed by atoms with Crippen molar-refractivity contribution in [2.45, 2.75) is 18.9 Å². The number of benzene rings is 2. The Balaban J connectivity index is 2.30. The van der Waals surface area contributed by atoms with Gasteiger partial charge in [-0.15, -0.1) is 0 Å². The minimum atomic E-state index is -0.578. The molecule has 0 aliphatic carbocycles. The molecule has 0 fully saturated rings. The van der Waals surface area contributed by atoms with Crippen LogP contribution in [0.1, 0.15) is 24.5 Å². The monoisotopic (exact) mass is 248 g/mol. The topological polar surface area (TPSA) is 29.5 Å². The average molecular weight is 248 g/mol. The first-order valence-electron chi connectivity index (χ1n) is 6.08. The number of halogens is 1. The van der Waals surface area contributed by atoms with Gasteiger partial charge in [0.1, 0.15) is 5.82 Å². The standard InChI is InChI=1S/C15H17FO2/c1-18-10-4-7-15(17)13-8-9-14(16)12-6-3-2-5-11(12)13/h2-3,5-6,8-9,15,17H,4,7,10H2,1H3. The summed E-state index contributed by atoms with van der Waals surface area (Å²) < 4.78 is 18.6. The van der Waals surface area contributed by atoms with Crippen LogP contribution in [0.3, 0.4) is 0 Å². The molecule has 0 saturated carbocycles. The molecule has 0 aromatic heterocycles. The number of rotatable bonds is 5. The first-order valence-corrected chi connectivity index (χ1v) is 6.08. The van der Waals surface area contributed by atoms with E-state index in [1.165, 1.54) is 6.07 Å². The van der Waals surface area contributed by atoms with Crippen molar-refractivity contribution in [3.63, 3.8) is 0 Å². The molecule has 0 spiro atoms. The highest BCUT2D eigenvalue weighted by atomic mass is 19.1. The minimum Gasteiger partial charge on any atom is -0.388 e. The predicted octanol–water partition coefficient (Wildman–Crippen LogP) is 3.44. The summed E-state index contributed by atoms with van der Waals surface area (Å²) in [5.41, 5.74) is 0.781. The van der Waals surface area contributed by atoms with Crippen LogP contribution in [0.15, 0.2) is 36.4 Å². The summed E-state index contributed by atoms with van der Waals surface area (Å²) in [5, 5.41) is 11.5. The molecule has 1 atom stereocenters. The highest BCUT2D eigenvalue weighted by Crippen LogP contribution is 2.28. The number of aliphatic hydroxyl groups is 1. The molecule has 0 bridgehead atoms. The molecule has 1 N–H and O–H groups in total. The molecule has 0 amide bonds. The Hall–Kier alpha value is -1.45. The quantitative estimate of drug-likeness (QED) is 0.821. The van der Waals surface area contributed by atoms with Crippen molar-refractivity contribution in [2.75, 3.05) is 13.7 Å². The summed E-state index contributed by atoms with van der Waals surface area (Å²) in [4.78, 5) is 0. The summed E-state index contributed by atoms with van der Waals surface area (Å²) in [7, 11) is 1.64. The zero-order chi connectivity index (χ0) is 13.0. The Bertz CT molecular complexity index is 525. The van der Waals surface area contributed by atoms with E-state index in [1.54, 1.807) is 25.3 Å². The molecular weight excluding hydrogens is 231 g/mol. The molecular formula is C15H17FO2. The second-order valence-corrected chi connectivity index (χ2v) is 4.33. The van der Waals surface area contributed by atoms with Crippen LogP contribution in [-0.2, 0) is 4.74 Å². The highest BCUT2D eigenvalue weighted by molar-refractivity contribution is 5.86. The molecule has 3 heteroatoms. The van der Waals surface area contributed by atoms with Gasteiger partial charge in [-0.25, -0.2) is 4.39 Å². The summed E-state index contributed by atoms with van der Waals surface area (Å²) >= 11 is 0. The first-order chi connectivity index (χ1) is 8.74. The maximum absolute atomic E-state index is 13.6. The Morgan fingerprint density at radius 3 is 2.61 bits per heavy atom. The highest BCUT2D eigenvalue weighted by Gasteiger charge is 2.12. The van der Waals surface area contributed by atoms with Gasteiger partial charge in [-0.2, -0.15) is 0 Å². The van der Waals surface area contributed by atoms with E-state index in [-0.39, 0.29) is 5.82 Å². The van der Waals surface area contributed by atoms with Gasteiger partial charge < -0.3 is 9.84 Å². The average Bonchev–Trinajstić information content (AvgIpc) is 2.39. The van der Waals surface area contributed by atoms with Crippen molar-refractivity contribution in [1.82, 2.24) is 0 Å². The smallest absolute Gasteiger partial charge is 0.131 e. The fourth-order valence-electron chi connectivity index (χ4n) is 2.15. The lowest BCUT2D eigenvalue weighted by Crippen LogP contribution is -2.01. The van der Waals surface area contributed by atoms with Gasteiger partial charge in [-0.1, -0.05) is 30.3 Å². The SMILES string of the molecule is COCCCC(O)c1ccc(F)c2ccccc12. The Morgan fingerprint density at radius 2 is 1.89 bits per heavy atom. The zero-order valence-electron chi connectivity index (χ0n) is 10.4. The maximum atomic E-state index is 13.6. The third kappa shape index (κ3) is 2.68. The van der Waals surface area contributed by atoms with Gasteiger partial charge in [0.2, 0.25) is 0 Å². The van der Waals surface area contributed by atoms with E-state index in [1.807, 2.05) is 12.1 Å². The molecule has 0 heterocycles. The lowest BCUT2D eigenvalue weighted by molar-refractivity contribution is 0.137. The summed E-state index contributed by atoms with van der Waals surface area (Å²) in [6, 6.07) is 10.3. The molecule has 1 unspecified atom stereocenters. The number of ether oxygens (including phenoxy) is 1. The van der Waals surface area contributed by atoms with Gasteiger partial charge in [-0.3, -0.25) is 0 Å². The number of methoxy groups -OCH3 is 1. The van der Waals surface area contributed by atoms with Crippen LogP contribution in [0.25, 0.3) is 10.8 Å². The Morgan fingerprint density at radius 1 is 1.17 bits per heavy atom. The summed E-state index contributed by atoms with van der Waals surface area (Å²) in [6.07, 6.45) is 0.818. The molecule has 2 aromatic rings. The van der Waals surface area contributed by atoms with Crippen LogP contribution < -0.4 is 0 Å². The summed E-state index contributed by atoms with van der Waals surface area (Å²) in [6.45, 7) is 0.621. The van der Waals surface area contributed by atoms with Crippen molar-refractivity contribution in [2.24, 2.45) is 0 Å². The van der Waals surface area contributed by atoms with Gasteiger partial charge in [0.05, 0.1) is 6.10 Å². The first kappa shape index (κ1) is 13.0. The molecule has 0 aliphatic rings. The van der Waals surface area contributed by atoms with Gasteiger partial charge in [-0.05, 0) is 29.9 Å². The molecule has 96 valence electrons. The number of hydrogen-bond donors (Lipinski definition) is 1. The lowest BCUT2D eigenvalue weighted by atomic mass is 9.97. The largest absolute Gasteiger partial charge is 0.388 e. The zero-order valence-corrected chi connectivity index (χ0v) is 10.4. The van der Waals surface area contributed by atoms with E-state index < -0.39 is 6.10 Å². The van der Waals surface area contributed by atoms with Crippen molar-refractivity contribution in [3.8, 4) is 0 Å². The van der Waals surface area contributed by atoms with Crippen molar-refractivity contribution in [3.05, 3.63) is 47.8 Å². The lowest BCUT2D eigenvalue weighted by Gasteiger charge is -2.14. The fraction of sp³-hybridized carbons (Fsp3) is 0.333. The predicted molar refractivity (Wildman–Crippen MR) is 70.0 cm³/mol. The number of fused-ring (bicyclic) bond motifs is 1. The third-order valence-corrected chi connectivity index (χ3v) is 3.09. The third-order valence-electron chi connectivity index (χ3n) is 3.09. The molecule has 2 nitrogen and oxygen atoms in total. The van der Waals surface area contributed by atoms with Crippen LogP contribution in [0.4, 0.5) is 4.39 Å². The van der Waals surface area contributed by atoms with Crippen molar-refractivity contribution in [1.29, 1.82) is 0 Å². The van der Waals surface area contributed by atoms with E-state index in [4.69, 9.17) is 4.74 Å². The normalized spacial score (nSPS) is 12.8. The Labute approximate surface area is 106 Å². The van der Waals surface area contributed by atoms with E-state index in [2.05, 4.69) is 0 Å². The second-order valence-electron chi connectivity index (χ2n) is 4.33. The molecule has 0 radical (unpaired) electrons. The molecule has 2 aromatic carbocycles. The summed E-state index contributed by atoms with van der Waals surface area (Å²) in [5.74, 6) is -0.251. The van der Waals surface area contributed by atoms with Crippen LogP contribution in [0, 0.1) is 5.82 Å². The fourth-order valence-corrected chi connectivity index (χ4v) is 2.15. The molecule has 0 aliphatic heterocycles. The minimum absolute atomic E-state index is 0.251. The van der Waals surface area contributed by atoms with Gasteiger partial charge in [0, 0.05) is 19.1 Å². The second kappa shape index (κ2) is 5.94. The van der Waals surface area contributed by atoms with Gasteiger partial charge >= 0.3 is 0 Å². The van der Waals surface area contributed by atoms with E-state index in [0.717, 1.165) is 17.4 Å². The maximum Gasteiger partial charge on any atom is 0.131 e. The molecule has 0 saturated heterocycles. The molecule has 2 rings (SSSR count). The van der Waals surface area contributed by atoms with Crippen LogP contribution >= 0.6 is 0 Å². The van der Waals surface area contributed by atoms with Gasteiger partial charge in [0.25, 0.3) is 0 Å². The number of aliphatic hydroxyl groups excluding tert-OH is 1. The number of hydrogen-bond acceptors (Lipinski definition) is 2. The van der Waals surface area contributed by atoms with E-state index >= 15 is 0 Å². The van der Waals surface area contributed by atoms with E-state index in [0.29, 0.717) is 18.4 Å². The van der Waals surface area contributed by atoms with Crippen LogP contribution in [0.2, 0.25) is 0 Å².